The van der Waals surface area contributed by atoms with Crippen molar-refractivity contribution in [2.24, 2.45) is 5.16 Å². The minimum Gasteiger partial charge on any atom is -0.382 e. The highest BCUT2D eigenvalue weighted by Crippen LogP contribution is 2.21. The molecule has 0 saturated carbocycles. The van der Waals surface area contributed by atoms with Gasteiger partial charge in [-0.05, 0) is 29.8 Å². The first-order valence-electron chi connectivity index (χ1n) is 9.33. The van der Waals surface area contributed by atoms with Gasteiger partial charge < -0.3 is 9.74 Å². The van der Waals surface area contributed by atoms with Gasteiger partial charge in [-0.15, -0.1) is 0 Å². The number of hydrogen-bond acceptors (Lipinski definition) is 4. The molecule has 4 rings (SSSR count). The van der Waals surface area contributed by atoms with E-state index in [1.165, 1.54) is 6.07 Å². The van der Waals surface area contributed by atoms with Crippen LogP contribution in [0.3, 0.4) is 0 Å². The molecule has 2 aromatic rings. The number of amides is 1. The lowest BCUT2D eigenvalue weighted by Gasteiger charge is -2.35. The number of piperazine rings is 1. The maximum Gasteiger partial charge on any atom is 0.266 e. The summed E-state index contributed by atoms with van der Waals surface area (Å²) >= 11 is 3.45. The van der Waals surface area contributed by atoms with E-state index in [9.17, 15) is 9.18 Å². The minimum atomic E-state index is -0.552. The molecule has 0 bridgehead atoms. The predicted octanol–water partition coefficient (Wildman–Crippen LogP) is 3.43. The van der Waals surface area contributed by atoms with Crippen LogP contribution in [0.1, 0.15) is 17.5 Å². The van der Waals surface area contributed by atoms with Crippen LogP contribution in [-0.2, 0) is 16.2 Å². The molecule has 0 spiro atoms. The van der Waals surface area contributed by atoms with Crippen molar-refractivity contribution < 1.29 is 14.0 Å². The smallest absolute Gasteiger partial charge is 0.266 e. The molecule has 146 valence electrons. The molecule has 0 N–H and O–H groups in total. The average molecular weight is 446 g/mol. The van der Waals surface area contributed by atoms with Crippen molar-refractivity contribution in [2.75, 3.05) is 26.2 Å². The maximum absolute atomic E-state index is 13.3. The van der Waals surface area contributed by atoms with Crippen molar-refractivity contribution in [3.8, 4) is 0 Å². The molecule has 2 heterocycles. The van der Waals surface area contributed by atoms with E-state index >= 15 is 0 Å². The molecule has 1 amide bonds. The molecule has 1 saturated heterocycles. The number of oxime groups is 1. The van der Waals surface area contributed by atoms with Gasteiger partial charge in [0.2, 0.25) is 6.10 Å². The van der Waals surface area contributed by atoms with Gasteiger partial charge in [-0.2, -0.15) is 0 Å². The lowest BCUT2D eigenvalue weighted by atomic mass is 10.0. The van der Waals surface area contributed by atoms with Gasteiger partial charge in [0.25, 0.3) is 5.91 Å². The van der Waals surface area contributed by atoms with Gasteiger partial charge in [-0.3, -0.25) is 9.69 Å². The van der Waals surface area contributed by atoms with Gasteiger partial charge in [0.1, 0.15) is 5.82 Å². The Morgan fingerprint density at radius 2 is 1.93 bits per heavy atom. The van der Waals surface area contributed by atoms with E-state index in [0.717, 1.165) is 34.4 Å². The number of carbonyl (C=O) groups is 1. The third-order valence-electron chi connectivity index (χ3n) is 5.08. The van der Waals surface area contributed by atoms with Gasteiger partial charge in [0.05, 0.1) is 5.71 Å². The summed E-state index contributed by atoms with van der Waals surface area (Å²) in [5.74, 6) is -0.231. The molecule has 2 aromatic carbocycles. The second-order valence-electron chi connectivity index (χ2n) is 7.08. The first-order valence-corrected chi connectivity index (χ1v) is 10.1. The quantitative estimate of drug-likeness (QED) is 0.723. The van der Waals surface area contributed by atoms with Crippen LogP contribution in [0.25, 0.3) is 0 Å². The zero-order valence-electron chi connectivity index (χ0n) is 15.4. The average Bonchev–Trinajstić information content (AvgIpc) is 3.18. The van der Waals surface area contributed by atoms with Crippen molar-refractivity contribution in [2.45, 2.75) is 19.1 Å². The zero-order valence-corrected chi connectivity index (χ0v) is 16.9. The van der Waals surface area contributed by atoms with Crippen molar-refractivity contribution in [3.05, 3.63) is 69.9 Å². The van der Waals surface area contributed by atoms with Crippen molar-refractivity contribution in [1.82, 2.24) is 9.80 Å². The Hall–Kier alpha value is -2.25. The first kappa shape index (κ1) is 19.1. The van der Waals surface area contributed by atoms with Crippen LogP contribution in [-0.4, -0.2) is 53.7 Å². The lowest BCUT2D eigenvalue weighted by molar-refractivity contribution is -0.143. The van der Waals surface area contributed by atoms with Gasteiger partial charge in [-0.25, -0.2) is 4.39 Å². The molecule has 5 nitrogen and oxygen atoms in total. The summed E-state index contributed by atoms with van der Waals surface area (Å²) in [6.07, 6.45) is -0.0672. The second kappa shape index (κ2) is 8.41. The molecule has 1 atom stereocenters. The van der Waals surface area contributed by atoms with Crippen LogP contribution in [0.2, 0.25) is 0 Å². The summed E-state index contributed by atoms with van der Waals surface area (Å²) in [7, 11) is 0. The van der Waals surface area contributed by atoms with Crippen LogP contribution in [0.5, 0.6) is 0 Å². The molecule has 2 aliphatic rings. The van der Waals surface area contributed by atoms with Gasteiger partial charge in [0, 0.05) is 49.2 Å². The molecule has 2 aliphatic heterocycles. The number of halogens is 2. The summed E-state index contributed by atoms with van der Waals surface area (Å²) in [4.78, 5) is 22.3. The lowest BCUT2D eigenvalue weighted by Crippen LogP contribution is -2.51. The largest absolute Gasteiger partial charge is 0.382 e. The van der Waals surface area contributed by atoms with Gasteiger partial charge in [-0.1, -0.05) is 45.4 Å². The highest BCUT2D eigenvalue weighted by Gasteiger charge is 2.33. The molecular weight excluding hydrogens is 425 g/mol. The molecule has 0 aromatic heterocycles. The van der Waals surface area contributed by atoms with E-state index in [1.807, 2.05) is 35.2 Å². The fourth-order valence-electron chi connectivity index (χ4n) is 3.57. The van der Waals surface area contributed by atoms with Crippen LogP contribution in [0.15, 0.2) is 58.2 Å². The summed E-state index contributed by atoms with van der Waals surface area (Å²) in [5.41, 5.74) is 2.71. The predicted molar refractivity (Wildman–Crippen MR) is 108 cm³/mol. The molecule has 0 radical (unpaired) electrons. The van der Waals surface area contributed by atoms with E-state index in [1.54, 1.807) is 12.1 Å². The molecular formula is C21H21BrFN3O2. The van der Waals surface area contributed by atoms with Crippen LogP contribution in [0, 0.1) is 5.82 Å². The molecule has 28 heavy (non-hydrogen) atoms. The first-order chi connectivity index (χ1) is 13.6. The van der Waals surface area contributed by atoms with Crippen molar-refractivity contribution in [3.63, 3.8) is 0 Å². The summed E-state index contributed by atoms with van der Waals surface area (Å²) in [5, 5.41) is 4.13. The number of benzene rings is 2. The van der Waals surface area contributed by atoms with Crippen molar-refractivity contribution >= 4 is 27.5 Å². The summed E-state index contributed by atoms with van der Waals surface area (Å²) in [6, 6.07) is 14.5. The Kier molecular flexibility index (Phi) is 5.73. The van der Waals surface area contributed by atoms with Gasteiger partial charge >= 0.3 is 0 Å². The summed E-state index contributed by atoms with van der Waals surface area (Å²) in [6.45, 7) is 3.49. The second-order valence-corrected chi connectivity index (χ2v) is 7.99. The minimum absolute atomic E-state index is 0.0147. The fraction of sp³-hybridized carbons (Fsp3) is 0.333. The molecule has 0 aliphatic carbocycles. The number of hydrogen-bond donors (Lipinski definition) is 0. The highest BCUT2D eigenvalue weighted by atomic mass is 79.9. The standard InChI is InChI=1S/C21H21BrFN3O2/c22-17-5-2-4-16(12-17)19-13-20(28-24-19)21(27)26-9-7-25(8-10-26)14-15-3-1-6-18(23)11-15/h1-6,11-12,20H,7-10,13-14H2. The van der Waals surface area contributed by atoms with Gasteiger partial charge in [0.15, 0.2) is 0 Å². The topological polar surface area (TPSA) is 45.1 Å². The van der Waals surface area contributed by atoms with E-state index in [4.69, 9.17) is 4.84 Å². The summed E-state index contributed by atoms with van der Waals surface area (Å²) < 4.78 is 14.3. The zero-order chi connectivity index (χ0) is 19.5. The Morgan fingerprint density at radius 3 is 2.68 bits per heavy atom. The van der Waals surface area contributed by atoms with Crippen LogP contribution < -0.4 is 0 Å². The molecule has 1 fully saturated rings. The monoisotopic (exact) mass is 445 g/mol. The normalized spacial score (nSPS) is 20.0. The Balaban J connectivity index is 1.29. The Bertz CT molecular complexity index is 897. The Morgan fingerprint density at radius 1 is 1.14 bits per heavy atom. The SMILES string of the molecule is O=C(C1CC(c2cccc(Br)c2)=NO1)N1CCN(Cc2cccc(F)c2)CC1. The van der Waals surface area contributed by atoms with E-state index in [2.05, 4.69) is 26.0 Å². The number of nitrogens with zero attached hydrogens (tertiary/aromatic N) is 3. The van der Waals surface area contributed by atoms with E-state index < -0.39 is 6.10 Å². The molecule has 7 heteroatoms. The maximum atomic E-state index is 13.3. The van der Waals surface area contributed by atoms with E-state index in [-0.39, 0.29) is 11.7 Å². The third kappa shape index (κ3) is 4.42. The van der Waals surface area contributed by atoms with Crippen molar-refractivity contribution in [1.29, 1.82) is 0 Å². The fourth-order valence-corrected chi connectivity index (χ4v) is 3.97. The number of carbonyl (C=O) groups excluding carboxylic acids is 1. The highest BCUT2D eigenvalue weighted by molar-refractivity contribution is 9.10. The molecule has 1 unspecified atom stereocenters. The number of rotatable bonds is 4. The third-order valence-corrected chi connectivity index (χ3v) is 5.57. The van der Waals surface area contributed by atoms with E-state index in [0.29, 0.717) is 26.1 Å². The van der Waals surface area contributed by atoms with Crippen LogP contribution >= 0.6 is 15.9 Å². The Labute approximate surface area is 171 Å². The van der Waals surface area contributed by atoms with Crippen LogP contribution in [0.4, 0.5) is 4.39 Å².